The molecule has 5 heteroatoms. The van der Waals surface area contributed by atoms with Gasteiger partial charge in [-0.3, -0.25) is 10.5 Å². The first-order chi connectivity index (χ1) is 5.72. The normalized spacial score (nSPS) is 10.8. The zero-order chi connectivity index (χ0) is 10.6. The number of carbonyl (C=O) groups is 2. The minimum Gasteiger partial charge on any atom is -0.444 e. The van der Waals surface area contributed by atoms with Gasteiger partial charge in [-0.1, -0.05) is 0 Å². The van der Waals surface area contributed by atoms with Crippen LogP contribution in [-0.4, -0.2) is 36.1 Å². The van der Waals surface area contributed by atoms with Crippen molar-refractivity contribution < 1.29 is 14.3 Å². The average Bonchev–Trinajstić information content (AvgIpc) is 1.81. The van der Waals surface area contributed by atoms with Crippen molar-refractivity contribution in [2.75, 3.05) is 13.6 Å². The monoisotopic (exact) mass is 187 g/mol. The van der Waals surface area contributed by atoms with Crippen LogP contribution in [-0.2, 0) is 9.53 Å². The Morgan fingerprint density at radius 1 is 1.38 bits per heavy atom. The van der Waals surface area contributed by atoms with Crippen LogP contribution in [0.4, 0.5) is 4.79 Å². The van der Waals surface area contributed by atoms with E-state index in [4.69, 9.17) is 10.5 Å². The Morgan fingerprint density at radius 3 is 2.15 bits per heavy atom. The maximum Gasteiger partial charge on any atom is 0.410 e. The second kappa shape index (κ2) is 4.11. The van der Waals surface area contributed by atoms with Crippen molar-refractivity contribution in [3.63, 3.8) is 0 Å². The second-order valence-corrected chi connectivity index (χ2v) is 3.76. The molecule has 0 atom stereocenters. The Kier molecular flexibility index (Phi) is 3.71. The third kappa shape index (κ3) is 5.95. The van der Waals surface area contributed by atoms with Gasteiger partial charge < -0.3 is 9.64 Å². The highest BCUT2D eigenvalue weighted by molar-refractivity contribution is 5.80. The number of nitrogens with zero attached hydrogens (tertiary/aromatic N) is 1. The molecule has 0 bridgehead atoms. The average molecular weight is 187 g/mol. The predicted octanol–water partition coefficient (Wildman–Crippen LogP) is 0.663. The quantitative estimate of drug-likeness (QED) is 0.637. The number of rotatable bonds is 2. The largest absolute Gasteiger partial charge is 0.444 e. The second-order valence-electron chi connectivity index (χ2n) is 3.76. The fraction of sp³-hybridized carbons (Fsp3) is 0.750. The van der Waals surface area contributed by atoms with E-state index < -0.39 is 17.6 Å². The van der Waals surface area contributed by atoms with Crippen LogP contribution in [0.1, 0.15) is 20.8 Å². The van der Waals surface area contributed by atoms with Crippen LogP contribution >= 0.6 is 0 Å². The van der Waals surface area contributed by atoms with Crippen LogP contribution in [0.3, 0.4) is 0 Å². The Hall–Kier alpha value is -1.26. The SMILES string of the molecule is CN(CC([NH])=O)C(=O)OC(C)(C)C. The van der Waals surface area contributed by atoms with E-state index >= 15 is 0 Å². The third-order valence-electron chi connectivity index (χ3n) is 1.09. The highest BCUT2D eigenvalue weighted by Crippen LogP contribution is 2.08. The zero-order valence-electron chi connectivity index (χ0n) is 8.38. The lowest BCUT2D eigenvalue weighted by Crippen LogP contribution is -2.37. The van der Waals surface area contributed by atoms with Crippen LogP contribution in [0, 0.1) is 0 Å². The molecule has 0 aliphatic rings. The van der Waals surface area contributed by atoms with Crippen LogP contribution in [0.25, 0.3) is 0 Å². The number of likely N-dealkylation sites (N-methyl/N-ethyl adjacent to an activating group) is 1. The van der Waals surface area contributed by atoms with Crippen molar-refractivity contribution in [1.29, 1.82) is 0 Å². The van der Waals surface area contributed by atoms with Crippen molar-refractivity contribution in [1.82, 2.24) is 10.6 Å². The number of ether oxygens (including phenoxy) is 1. The van der Waals surface area contributed by atoms with Crippen molar-refractivity contribution in [3.8, 4) is 0 Å². The summed E-state index contributed by atoms with van der Waals surface area (Å²) in [7, 11) is 1.42. The topological polar surface area (TPSA) is 70.4 Å². The smallest absolute Gasteiger partial charge is 0.410 e. The van der Waals surface area contributed by atoms with Gasteiger partial charge in [-0.25, -0.2) is 4.79 Å². The van der Waals surface area contributed by atoms with Crippen molar-refractivity contribution in [2.24, 2.45) is 0 Å². The van der Waals surface area contributed by atoms with Gasteiger partial charge in [0.1, 0.15) is 12.1 Å². The molecule has 1 radical (unpaired) electrons. The van der Waals surface area contributed by atoms with Gasteiger partial charge in [0.25, 0.3) is 5.91 Å². The molecule has 0 aliphatic carbocycles. The molecule has 0 aromatic carbocycles. The summed E-state index contributed by atoms with van der Waals surface area (Å²) in [5.41, 5.74) is 6.07. The van der Waals surface area contributed by atoms with Crippen LogP contribution in [0.5, 0.6) is 0 Å². The molecule has 1 N–H and O–H groups in total. The number of hydrogen-bond acceptors (Lipinski definition) is 3. The fourth-order valence-corrected chi connectivity index (χ4v) is 0.620. The molecule has 0 aliphatic heterocycles. The van der Waals surface area contributed by atoms with E-state index in [-0.39, 0.29) is 6.54 Å². The van der Waals surface area contributed by atoms with Gasteiger partial charge >= 0.3 is 6.09 Å². The predicted molar refractivity (Wildman–Crippen MR) is 47.0 cm³/mol. The molecule has 0 unspecified atom stereocenters. The molecule has 0 rings (SSSR count). The van der Waals surface area contributed by atoms with E-state index in [9.17, 15) is 9.59 Å². The van der Waals surface area contributed by atoms with Gasteiger partial charge in [-0.05, 0) is 20.8 Å². The molecule has 5 nitrogen and oxygen atoms in total. The zero-order valence-corrected chi connectivity index (χ0v) is 8.38. The molecule has 0 saturated heterocycles. The summed E-state index contributed by atoms with van der Waals surface area (Å²) >= 11 is 0. The summed E-state index contributed by atoms with van der Waals surface area (Å²) in [5, 5.41) is 0. The molecular weight excluding hydrogens is 172 g/mol. The summed E-state index contributed by atoms with van der Waals surface area (Å²) in [6.45, 7) is 4.97. The number of hydrogen-bond donors (Lipinski definition) is 0. The molecule has 0 spiro atoms. The van der Waals surface area contributed by atoms with Crippen molar-refractivity contribution in [3.05, 3.63) is 0 Å². The van der Waals surface area contributed by atoms with Crippen molar-refractivity contribution >= 4 is 12.0 Å². The summed E-state index contributed by atoms with van der Waals surface area (Å²) in [4.78, 5) is 22.6. The first kappa shape index (κ1) is 11.7. The van der Waals surface area contributed by atoms with Gasteiger partial charge in [0.05, 0.1) is 0 Å². The number of carbonyl (C=O) groups excluding carboxylic acids is 2. The molecule has 0 saturated carbocycles. The summed E-state index contributed by atoms with van der Waals surface area (Å²) in [5.74, 6) is -0.812. The van der Waals surface area contributed by atoms with Crippen LogP contribution < -0.4 is 5.73 Å². The highest BCUT2D eigenvalue weighted by Gasteiger charge is 2.20. The van der Waals surface area contributed by atoms with E-state index in [1.807, 2.05) is 0 Å². The maximum atomic E-state index is 11.2. The lowest BCUT2D eigenvalue weighted by molar-refractivity contribution is -0.119. The van der Waals surface area contributed by atoms with E-state index in [1.165, 1.54) is 7.05 Å². The summed E-state index contributed by atoms with van der Waals surface area (Å²) < 4.78 is 4.95. The van der Waals surface area contributed by atoms with E-state index in [1.54, 1.807) is 20.8 Å². The lowest BCUT2D eigenvalue weighted by atomic mass is 10.2. The Balaban J connectivity index is 4.05. The Morgan fingerprint density at radius 2 is 1.85 bits per heavy atom. The minimum absolute atomic E-state index is 0.241. The number of amides is 2. The third-order valence-corrected chi connectivity index (χ3v) is 1.09. The summed E-state index contributed by atoms with van der Waals surface area (Å²) in [6.07, 6.45) is -0.590. The van der Waals surface area contributed by atoms with Crippen molar-refractivity contribution in [2.45, 2.75) is 26.4 Å². The van der Waals surface area contributed by atoms with Gasteiger partial charge in [0.15, 0.2) is 0 Å². The van der Waals surface area contributed by atoms with Crippen LogP contribution in [0.2, 0.25) is 0 Å². The van der Waals surface area contributed by atoms with Gasteiger partial charge in [-0.15, -0.1) is 0 Å². The maximum absolute atomic E-state index is 11.2. The van der Waals surface area contributed by atoms with Gasteiger partial charge in [-0.2, -0.15) is 0 Å². The van der Waals surface area contributed by atoms with E-state index in [0.29, 0.717) is 0 Å². The van der Waals surface area contributed by atoms with E-state index in [2.05, 4.69) is 0 Å². The Bertz CT molecular complexity index is 208. The summed E-state index contributed by atoms with van der Waals surface area (Å²) in [6, 6.07) is 0. The molecule has 13 heavy (non-hydrogen) atoms. The highest BCUT2D eigenvalue weighted by atomic mass is 16.6. The molecule has 2 amide bonds. The fourth-order valence-electron chi connectivity index (χ4n) is 0.620. The van der Waals surface area contributed by atoms with Crippen LogP contribution in [0.15, 0.2) is 0 Å². The molecule has 0 heterocycles. The molecule has 75 valence electrons. The molecular formula is C8H15N2O3. The standard InChI is InChI=1S/C8H15N2O3/c1-8(2,3)13-7(12)10(4)5-6(9)11/h9H,5H2,1-4H3. The van der Waals surface area contributed by atoms with Gasteiger partial charge in [0, 0.05) is 7.05 Å². The Labute approximate surface area is 77.8 Å². The molecule has 0 fully saturated rings. The minimum atomic E-state index is -0.812. The van der Waals surface area contributed by atoms with E-state index in [0.717, 1.165) is 4.90 Å². The lowest BCUT2D eigenvalue weighted by Gasteiger charge is -2.23. The molecule has 0 aromatic rings. The van der Waals surface area contributed by atoms with Gasteiger partial charge in [0.2, 0.25) is 0 Å². The number of nitrogens with one attached hydrogen (secondary N) is 1. The first-order valence-electron chi connectivity index (χ1n) is 3.91. The first-order valence-corrected chi connectivity index (χ1v) is 3.91. The molecule has 0 aromatic heterocycles.